The van der Waals surface area contributed by atoms with E-state index in [1.165, 1.54) is 0 Å². The minimum absolute atomic E-state index is 0.579. The van der Waals surface area contributed by atoms with Gasteiger partial charge in [0.25, 0.3) is 0 Å². The zero-order valence-corrected chi connectivity index (χ0v) is 10.5. The van der Waals surface area contributed by atoms with Crippen LogP contribution in [0.15, 0.2) is 18.2 Å². The van der Waals surface area contributed by atoms with Crippen LogP contribution in [0.5, 0.6) is 5.75 Å². The summed E-state index contributed by atoms with van der Waals surface area (Å²) in [5.41, 5.74) is 2.01. The Morgan fingerprint density at radius 3 is 2.38 bits per heavy atom. The number of benzene rings is 1. The molecule has 0 radical (unpaired) electrons. The second-order valence-corrected chi connectivity index (χ2v) is 3.71. The molecule has 0 atom stereocenters. The largest absolute Gasteiger partial charge is 0.496 e. The van der Waals surface area contributed by atoms with E-state index in [9.17, 15) is 0 Å². The Labute approximate surface area is 97.5 Å². The monoisotopic (exact) mass is 220 g/mol. The van der Waals surface area contributed by atoms with Gasteiger partial charge in [0, 0.05) is 18.7 Å². The van der Waals surface area contributed by atoms with Gasteiger partial charge in [-0.05, 0) is 44.5 Å². The first-order chi connectivity index (χ1) is 7.63. The van der Waals surface area contributed by atoms with Crippen LogP contribution in [0.1, 0.15) is 25.0 Å². The number of methoxy groups -OCH3 is 1. The molecule has 16 heavy (non-hydrogen) atoms. The van der Waals surface area contributed by atoms with Crippen molar-refractivity contribution in [2.75, 3.05) is 20.2 Å². The van der Waals surface area contributed by atoms with Crippen LogP contribution in [0.3, 0.4) is 0 Å². The van der Waals surface area contributed by atoms with Crippen LogP contribution in [0.4, 0.5) is 0 Å². The molecule has 0 aromatic heterocycles. The molecule has 0 fully saturated rings. The van der Waals surface area contributed by atoms with E-state index in [2.05, 4.69) is 13.8 Å². The average Bonchev–Trinajstić information content (AvgIpc) is 2.30. The lowest BCUT2D eigenvalue weighted by molar-refractivity contribution is 0.411. The summed E-state index contributed by atoms with van der Waals surface area (Å²) >= 11 is 0. The van der Waals surface area contributed by atoms with Crippen molar-refractivity contribution in [1.82, 2.24) is 4.90 Å². The lowest BCUT2D eigenvalue weighted by Crippen LogP contribution is -2.30. The van der Waals surface area contributed by atoms with Gasteiger partial charge in [0.1, 0.15) is 11.6 Å². The molecule has 0 spiro atoms. The Kier molecular flexibility index (Phi) is 4.35. The Hall–Kier alpha value is -1.51. The van der Waals surface area contributed by atoms with Crippen molar-refractivity contribution >= 4 is 5.84 Å². The van der Waals surface area contributed by atoms with Gasteiger partial charge in [-0.15, -0.1) is 0 Å². The van der Waals surface area contributed by atoms with Gasteiger partial charge in [-0.3, -0.25) is 5.41 Å². The fraction of sp³-hybridized carbons (Fsp3) is 0.462. The SMILES string of the molecule is CCN(CC)C(=N)c1ccc(OC)c(C)c1. The Morgan fingerprint density at radius 2 is 1.94 bits per heavy atom. The first kappa shape index (κ1) is 12.6. The van der Waals surface area contributed by atoms with Gasteiger partial charge in [0.05, 0.1) is 7.11 Å². The Balaban J connectivity index is 2.96. The summed E-state index contributed by atoms with van der Waals surface area (Å²) in [6, 6.07) is 5.86. The van der Waals surface area contributed by atoms with E-state index in [1.807, 2.05) is 30.0 Å². The smallest absolute Gasteiger partial charge is 0.128 e. The van der Waals surface area contributed by atoms with Crippen molar-refractivity contribution in [3.8, 4) is 5.75 Å². The molecule has 0 aliphatic heterocycles. The summed E-state index contributed by atoms with van der Waals surface area (Å²) in [5, 5.41) is 8.10. The normalized spacial score (nSPS) is 10.0. The molecular weight excluding hydrogens is 200 g/mol. The maximum Gasteiger partial charge on any atom is 0.128 e. The number of nitrogens with one attached hydrogen (secondary N) is 1. The fourth-order valence-corrected chi connectivity index (χ4v) is 1.75. The Morgan fingerprint density at radius 1 is 1.31 bits per heavy atom. The summed E-state index contributed by atoms with van der Waals surface area (Å²) in [5.74, 6) is 1.45. The first-order valence-electron chi connectivity index (χ1n) is 5.62. The van der Waals surface area contributed by atoms with Crippen LogP contribution in [-0.4, -0.2) is 30.9 Å². The van der Waals surface area contributed by atoms with Crippen molar-refractivity contribution in [1.29, 1.82) is 5.41 Å². The highest BCUT2D eigenvalue weighted by Gasteiger charge is 2.09. The number of ether oxygens (including phenoxy) is 1. The zero-order chi connectivity index (χ0) is 12.1. The predicted molar refractivity (Wildman–Crippen MR) is 67.5 cm³/mol. The number of nitrogens with zero attached hydrogens (tertiary/aromatic N) is 1. The second-order valence-electron chi connectivity index (χ2n) is 3.71. The first-order valence-corrected chi connectivity index (χ1v) is 5.62. The molecule has 0 saturated heterocycles. The minimum Gasteiger partial charge on any atom is -0.496 e. The fourth-order valence-electron chi connectivity index (χ4n) is 1.75. The third-order valence-electron chi connectivity index (χ3n) is 2.75. The summed E-state index contributed by atoms with van der Waals surface area (Å²) in [6.07, 6.45) is 0. The Bertz CT molecular complexity index is 370. The van der Waals surface area contributed by atoms with Gasteiger partial charge < -0.3 is 9.64 Å². The highest BCUT2D eigenvalue weighted by atomic mass is 16.5. The summed E-state index contributed by atoms with van der Waals surface area (Å²) in [7, 11) is 1.66. The molecule has 1 N–H and O–H groups in total. The zero-order valence-electron chi connectivity index (χ0n) is 10.5. The van der Waals surface area contributed by atoms with Gasteiger partial charge >= 0.3 is 0 Å². The third-order valence-corrected chi connectivity index (χ3v) is 2.75. The number of rotatable bonds is 4. The van der Waals surface area contributed by atoms with Crippen molar-refractivity contribution in [3.05, 3.63) is 29.3 Å². The molecule has 0 bridgehead atoms. The molecule has 0 aliphatic carbocycles. The summed E-state index contributed by atoms with van der Waals surface area (Å²) in [6.45, 7) is 7.85. The topological polar surface area (TPSA) is 36.3 Å². The standard InChI is InChI=1S/C13H20N2O/c1-5-15(6-2)13(14)11-7-8-12(16-4)10(3)9-11/h7-9,14H,5-6H2,1-4H3. The van der Waals surface area contributed by atoms with Crippen molar-refractivity contribution in [3.63, 3.8) is 0 Å². The maximum atomic E-state index is 8.10. The molecule has 88 valence electrons. The van der Waals surface area contributed by atoms with Crippen LogP contribution in [0.25, 0.3) is 0 Å². The van der Waals surface area contributed by atoms with Gasteiger partial charge in [-0.2, -0.15) is 0 Å². The van der Waals surface area contributed by atoms with Crippen molar-refractivity contribution in [2.45, 2.75) is 20.8 Å². The van der Waals surface area contributed by atoms with Crippen LogP contribution in [0.2, 0.25) is 0 Å². The quantitative estimate of drug-likeness (QED) is 0.625. The lowest BCUT2D eigenvalue weighted by atomic mass is 10.1. The second kappa shape index (κ2) is 5.54. The minimum atomic E-state index is 0.579. The number of aryl methyl sites for hydroxylation is 1. The van der Waals surface area contributed by atoms with Crippen LogP contribution >= 0.6 is 0 Å². The molecule has 1 aromatic rings. The maximum absolute atomic E-state index is 8.10. The highest BCUT2D eigenvalue weighted by molar-refractivity contribution is 5.96. The van der Waals surface area contributed by atoms with Crippen LogP contribution in [-0.2, 0) is 0 Å². The molecule has 1 aromatic carbocycles. The van der Waals surface area contributed by atoms with E-state index >= 15 is 0 Å². The number of hydrogen-bond donors (Lipinski definition) is 1. The number of amidine groups is 1. The molecule has 0 unspecified atom stereocenters. The summed E-state index contributed by atoms with van der Waals surface area (Å²) < 4.78 is 5.21. The van der Waals surface area contributed by atoms with E-state index in [1.54, 1.807) is 7.11 Å². The van der Waals surface area contributed by atoms with Crippen molar-refractivity contribution < 1.29 is 4.74 Å². The van der Waals surface area contributed by atoms with E-state index in [4.69, 9.17) is 10.1 Å². The van der Waals surface area contributed by atoms with E-state index in [0.717, 1.165) is 30.0 Å². The van der Waals surface area contributed by atoms with E-state index < -0.39 is 0 Å². The van der Waals surface area contributed by atoms with Gasteiger partial charge in [0.15, 0.2) is 0 Å². The molecule has 0 aliphatic rings. The molecule has 3 nitrogen and oxygen atoms in total. The highest BCUT2D eigenvalue weighted by Crippen LogP contribution is 2.19. The lowest BCUT2D eigenvalue weighted by Gasteiger charge is -2.22. The van der Waals surface area contributed by atoms with E-state index in [0.29, 0.717) is 5.84 Å². The van der Waals surface area contributed by atoms with Gasteiger partial charge in [-0.25, -0.2) is 0 Å². The van der Waals surface area contributed by atoms with Crippen molar-refractivity contribution in [2.24, 2.45) is 0 Å². The van der Waals surface area contributed by atoms with E-state index in [-0.39, 0.29) is 0 Å². The van der Waals surface area contributed by atoms with Crippen LogP contribution < -0.4 is 4.74 Å². The molecule has 1 rings (SSSR count). The number of hydrogen-bond acceptors (Lipinski definition) is 2. The van der Waals surface area contributed by atoms with Crippen LogP contribution in [0, 0.1) is 12.3 Å². The average molecular weight is 220 g/mol. The summed E-state index contributed by atoms with van der Waals surface area (Å²) in [4.78, 5) is 2.03. The molecule has 0 saturated carbocycles. The molecular formula is C13H20N2O. The third kappa shape index (κ3) is 2.54. The molecule has 0 heterocycles. The predicted octanol–water partition coefficient (Wildman–Crippen LogP) is 2.67. The molecule has 0 amide bonds. The molecule has 3 heteroatoms. The van der Waals surface area contributed by atoms with Gasteiger partial charge in [-0.1, -0.05) is 0 Å². The van der Waals surface area contributed by atoms with Gasteiger partial charge in [0.2, 0.25) is 0 Å².